The van der Waals surface area contributed by atoms with Crippen LogP contribution in [-0.2, 0) is 0 Å². The number of nitrogens with zero attached hydrogens (tertiary/aromatic N) is 2. The van der Waals surface area contributed by atoms with Crippen molar-refractivity contribution in [3.63, 3.8) is 0 Å². The van der Waals surface area contributed by atoms with Crippen LogP contribution in [0.3, 0.4) is 0 Å². The Morgan fingerprint density at radius 1 is 1.28 bits per heavy atom. The summed E-state index contributed by atoms with van der Waals surface area (Å²) in [5, 5.41) is 9.73. The van der Waals surface area contributed by atoms with Gasteiger partial charge in [0.05, 0.1) is 22.0 Å². The largest absolute Gasteiger partial charge is 0.424 e. The number of hydrogen-bond donors (Lipinski definition) is 2. The molecule has 0 spiro atoms. The van der Waals surface area contributed by atoms with E-state index in [2.05, 4.69) is 4.98 Å². The topological polar surface area (TPSA) is 88.0 Å². The van der Waals surface area contributed by atoms with E-state index in [1.54, 1.807) is 0 Å². The van der Waals surface area contributed by atoms with Crippen molar-refractivity contribution >= 4 is 21.6 Å². The van der Waals surface area contributed by atoms with Crippen LogP contribution >= 0.6 is 11.3 Å². The third-order valence-electron chi connectivity index (χ3n) is 2.45. The smallest absolute Gasteiger partial charge is 0.361 e. The van der Waals surface area contributed by atoms with Gasteiger partial charge in [0, 0.05) is 0 Å². The van der Waals surface area contributed by atoms with Gasteiger partial charge in [0.15, 0.2) is 0 Å². The molecule has 0 aliphatic rings. The lowest BCUT2D eigenvalue weighted by Crippen LogP contribution is -2.29. The standard InChI is InChI=1S/C11H7N3O3S/c15-9-6(5-14(17)11(16)13-9)10-12-7-3-1-2-4-8(7)18-10/h1-5,17H,(H,13,15,16). The van der Waals surface area contributed by atoms with Crippen LogP contribution in [0, 0.1) is 0 Å². The molecular formula is C11H7N3O3S. The maximum absolute atomic E-state index is 11.7. The molecule has 0 aliphatic heterocycles. The summed E-state index contributed by atoms with van der Waals surface area (Å²) in [5.74, 6) is 0. The highest BCUT2D eigenvalue weighted by Gasteiger charge is 2.11. The summed E-state index contributed by atoms with van der Waals surface area (Å²) in [6.07, 6.45) is 1.07. The fourth-order valence-corrected chi connectivity index (χ4v) is 2.57. The van der Waals surface area contributed by atoms with Crippen molar-refractivity contribution < 1.29 is 5.21 Å². The number of aromatic nitrogens is 3. The summed E-state index contributed by atoms with van der Waals surface area (Å²) in [6, 6.07) is 7.45. The highest BCUT2D eigenvalue weighted by atomic mass is 32.1. The van der Waals surface area contributed by atoms with Crippen LogP contribution in [-0.4, -0.2) is 19.9 Å². The second kappa shape index (κ2) is 3.81. The molecule has 0 unspecified atom stereocenters. The second-order valence-corrected chi connectivity index (χ2v) is 4.66. The fraction of sp³-hybridized carbons (Fsp3) is 0. The van der Waals surface area contributed by atoms with Gasteiger partial charge in [0.25, 0.3) is 5.56 Å². The van der Waals surface area contributed by atoms with Gasteiger partial charge < -0.3 is 5.21 Å². The molecule has 3 aromatic rings. The molecule has 2 aromatic heterocycles. The van der Waals surface area contributed by atoms with E-state index in [9.17, 15) is 14.8 Å². The predicted octanol–water partition coefficient (Wildman–Crippen LogP) is 1.05. The highest BCUT2D eigenvalue weighted by Crippen LogP contribution is 2.27. The Morgan fingerprint density at radius 3 is 2.83 bits per heavy atom. The number of hydrogen-bond acceptors (Lipinski definition) is 5. The summed E-state index contributed by atoms with van der Waals surface area (Å²) in [6.45, 7) is 0. The molecule has 2 heterocycles. The quantitative estimate of drug-likeness (QED) is 0.641. The Labute approximate surface area is 104 Å². The number of H-pyrrole nitrogens is 1. The summed E-state index contributed by atoms with van der Waals surface area (Å²) in [5.41, 5.74) is -0.500. The first-order chi connectivity index (χ1) is 8.65. The monoisotopic (exact) mass is 261 g/mol. The number of fused-ring (bicyclic) bond motifs is 1. The lowest BCUT2D eigenvalue weighted by atomic mass is 10.3. The van der Waals surface area contributed by atoms with Gasteiger partial charge in [-0.05, 0) is 12.1 Å². The van der Waals surface area contributed by atoms with Gasteiger partial charge in [-0.25, -0.2) is 9.78 Å². The second-order valence-electron chi connectivity index (χ2n) is 3.63. The van der Waals surface area contributed by atoms with Crippen LogP contribution in [0.25, 0.3) is 20.8 Å². The van der Waals surface area contributed by atoms with Crippen LogP contribution < -0.4 is 11.2 Å². The lowest BCUT2D eigenvalue weighted by molar-refractivity contribution is 0.170. The molecule has 0 radical (unpaired) electrons. The Hall–Kier alpha value is -2.41. The summed E-state index contributed by atoms with van der Waals surface area (Å²) in [4.78, 5) is 29.0. The molecule has 0 bridgehead atoms. The Balaban J connectivity index is 2.29. The van der Waals surface area contributed by atoms with Crippen molar-refractivity contribution in [2.75, 3.05) is 0 Å². The van der Waals surface area contributed by atoms with Crippen molar-refractivity contribution in [1.82, 2.24) is 14.7 Å². The SMILES string of the molecule is O=c1[nH]c(=O)n(O)cc1-c1nc2ccccc2s1. The molecule has 0 atom stereocenters. The number of aromatic amines is 1. The van der Waals surface area contributed by atoms with Crippen molar-refractivity contribution in [3.8, 4) is 10.6 Å². The minimum Gasteiger partial charge on any atom is -0.424 e. The zero-order valence-corrected chi connectivity index (χ0v) is 9.77. The van der Waals surface area contributed by atoms with Crippen LogP contribution in [0.15, 0.2) is 40.1 Å². The molecule has 0 aliphatic carbocycles. The molecule has 0 amide bonds. The molecule has 3 rings (SSSR count). The van der Waals surface area contributed by atoms with Crippen molar-refractivity contribution in [2.24, 2.45) is 0 Å². The number of para-hydroxylation sites is 1. The van der Waals surface area contributed by atoms with E-state index in [4.69, 9.17) is 0 Å². The Kier molecular flexibility index (Phi) is 2.27. The van der Waals surface area contributed by atoms with Crippen molar-refractivity contribution in [1.29, 1.82) is 0 Å². The minimum atomic E-state index is -0.870. The number of nitrogens with one attached hydrogen (secondary N) is 1. The van der Waals surface area contributed by atoms with E-state index in [-0.39, 0.29) is 5.56 Å². The van der Waals surface area contributed by atoms with Crippen LogP contribution in [0.2, 0.25) is 0 Å². The highest BCUT2D eigenvalue weighted by molar-refractivity contribution is 7.21. The molecule has 0 fully saturated rings. The molecule has 90 valence electrons. The zero-order valence-electron chi connectivity index (χ0n) is 8.95. The first kappa shape index (κ1) is 10.7. The van der Waals surface area contributed by atoms with E-state index in [0.29, 0.717) is 9.74 Å². The molecule has 2 N–H and O–H groups in total. The molecule has 1 aromatic carbocycles. The van der Waals surface area contributed by atoms with E-state index >= 15 is 0 Å². The van der Waals surface area contributed by atoms with Gasteiger partial charge in [-0.15, -0.1) is 16.1 Å². The Bertz CT molecular complexity index is 813. The van der Waals surface area contributed by atoms with Crippen LogP contribution in [0.4, 0.5) is 0 Å². The lowest BCUT2D eigenvalue weighted by Gasteiger charge is -1.97. The van der Waals surface area contributed by atoms with Crippen LogP contribution in [0.5, 0.6) is 0 Å². The van der Waals surface area contributed by atoms with Gasteiger partial charge in [-0.1, -0.05) is 12.1 Å². The molecule has 0 saturated carbocycles. The third kappa shape index (κ3) is 1.61. The van der Waals surface area contributed by atoms with E-state index in [1.165, 1.54) is 11.3 Å². The maximum atomic E-state index is 11.7. The van der Waals surface area contributed by atoms with Crippen molar-refractivity contribution in [3.05, 3.63) is 51.3 Å². The molecule has 18 heavy (non-hydrogen) atoms. The van der Waals surface area contributed by atoms with Gasteiger partial charge in [-0.3, -0.25) is 9.78 Å². The number of rotatable bonds is 1. The molecule has 7 heteroatoms. The van der Waals surface area contributed by atoms with E-state index in [1.807, 2.05) is 29.2 Å². The molecule has 0 saturated heterocycles. The average Bonchev–Trinajstić information content (AvgIpc) is 2.77. The van der Waals surface area contributed by atoms with Gasteiger partial charge in [0.2, 0.25) is 0 Å². The fourth-order valence-electron chi connectivity index (χ4n) is 1.60. The molecule has 6 nitrogen and oxygen atoms in total. The van der Waals surface area contributed by atoms with E-state index < -0.39 is 11.2 Å². The predicted molar refractivity (Wildman–Crippen MR) is 67.1 cm³/mol. The third-order valence-corrected chi connectivity index (χ3v) is 3.52. The first-order valence-corrected chi connectivity index (χ1v) is 5.88. The van der Waals surface area contributed by atoms with Gasteiger partial charge >= 0.3 is 5.69 Å². The number of benzene rings is 1. The Morgan fingerprint density at radius 2 is 2.06 bits per heavy atom. The number of thiazole rings is 1. The summed E-state index contributed by atoms with van der Waals surface area (Å²) in [7, 11) is 0. The van der Waals surface area contributed by atoms with Gasteiger partial charge in [-0.2, -0.15) is 0 Å². The van der Waals surface area contributed by atoms with Crippen molar-refractivity contribution in [2.45, 2.75) is 0 Å². The van der Waals surface area contributed by atoms with E-state index in [0.717, 1.165) is 16.4 Å². The normalized spacial score (nSPS) is 10.9. The summed E-state index contributed by atoms with van der Waals surface area (Å²) < 4.78 is 1.27. The minimum absolute atomic E-state index is 0.165. The first-order valence-electron chi connectivity index (χ1n) is 5.06. The average molecular weight is 261 g/mol. The molecular weight excluding hydrogens is 254 g/mol. The van der Waals surface area contributed by atoms with Crippen LogP contribution in [0.1, 0.15) is 0 Å². The zero-order chi connectivity index (χ0) is 12.7. The maximum Gasteiger partial charge on any atom is 0.361 e. The summed E-state index contributed by atoms with van der Waals surface area (Å²) >= 11 is 1.32. The van der Waals surface area contributed by atoms with Gasteiger partial charge in [0.1, 0.15) is 5.01 Å².